The van der Waals surface area contributed by atoms with Gasteiger partial charge in [-0.3, -0.25) is 4.79 Å². The number of pyridine rings is 1. The largest absolute Gasteiger partial charge is 0.340 e. The maximum atomic E-state index is 12.4. The van der Waals surface area contributed by atoms with E-state index in [1.807, 2.05) is 56.3 Å². The molecule has 0 saturated carbocycles. The average Bonchev–Trinajstić information content (AvgIpc) is 2.60. The monoisotopic (exact) mass is 351 g/mol. The molecule has 2 aromatic carbocycles. The number of aryl methyl sites for hydroxylation is 2. The van der Waals surface area contributed by atoms with E-state index in [-0.39, 0.29) is 5.91 Å². The summed E-state index contributed by atoms with van der Waals surface area (Å²) in [5.74, 6) is 0.396. The van der Waals surface area contributed by atoms with E-state index in [1.54, 1.807) is 18.3 Å². The summed E-state index contributed by atoms with van der Waals surface area (Å²) in [4.78, 5) is 16.7. The molecule has 0 spiro atoms. The highest BCUT2D eigenvalue weighted by Gasteiger charge is 2.08. The number of halogens is 1. The van der Waals surface area contributed by atoms with E-state index in [0.29, 0.717) is 16.4 Å². The second-order valence-corrected chi connectivity index (χ2v) is 6.25. The van der Waals surface area contributed by atoms with Gasteiger partial charge in [-0.25, -0.2) is 4.98 Å². The van der Waals surface area contributed by atoms with E-state index >= 15 is 0 Å². The normalized spacial score (nSPS) is 10.4. The van der Waals surface area contributed by atoms with Crippen LogP contribution >= 0.6 is 11.6 Å². The molecule has 0 unspecified atom stereocenters. The smallest absolute Gasteiger partial charge is 0.255 e. The molecule has 0 radical (unpaired) electrons. The Morgan fingerprint density at radius 1 is 0.960 bits per heavy atom. The molecule has 0 saturated heterocycles. The number of hydrogen-bond donors (Lipinski definition) is 2. The lowest BCUT2D eigenvalue weighted by atomic mass is 10.2. The fourth-order valence-corrected chi connectivity index (χ4v) is 2.48. The number of rotatable bonds is 4. The lowest BCUT2D eigenvalue weighted by Crippen LogP contribution is -2.12. The SMILES string of the molecule is Cc1ccc(NC(=O)c2ccnc(Nc3ccc(C)c(Cl)c3)c2)cc1. The van der Waals surface area contributed by atoms with E-state index in [9.17, 15) is 4.79 Å². The van der Waals surface area contributed by atoms with Crippen LogP contribution in [0.5, 0.6) is 0 Å². The van der Waals surface area contributed by atoms with Crippen LogP contribution in [0.3, 0.4) is 0 Å². The molecule has 2 N–H and O–H groups in total. The van der Waals surface area contributed by atoms with Gasteiger partial charge in [-0.2, -0.15) is 0 Å². The van der Waals surface area contributed by atoms with Crippen LogP contribution in [0.25, 0.3) is 0 Å². The van der Waals surface area contributed by atoms with Crippen LogP contribution in [-0.4, -0.2) is 10.9 Å². The molecule has 3 rings (SSSR count). The van der Waals surface area contributed by atoms with Crippen molar-refractivity contribution >= 4 is 34.7 Å². The average molecular weight is 352 g/mol. The Hall–Kier alpha value is -2.85. The molecule has 4 nitrogen and oxygen atoms in total. The fourth-order valence-electron chi connectivity index (χ4n) is 2.30. The summed E-state index contributed by atoms with van der Waals surface area (Å²) in [6.45, 7) is 3.95. The predicted molar refractivity (Wildman–Crippen MR) is 103 cm³/mol. The van der Waals surface area contributed by atoms with Gasteiger partial charge < -0.3 is 10.6 Å². The molecule has 1 amide bonds. The molecule has 0 bridgehead atoms. The molecule has 3 aromatic rings. The molecular weight excluding hydrogens is 334 g/mol. The minimum atomic E-state index is -0.184. The van der Waals surface area contributed by atoms with Crippen LogP contribution in [0.15, 0.2) is 60.8 Å². The van der Waals surface area contributed by atoms with Crippen LogP contribution in [-0.2, 0) is 0 Å². The Bertz CT molecular complexity index is 907. The van der Waals surface area contributed by atoms with Crippen molar-refractivity contribution in [3.05, 3.63) is 82.5 Å². The van der Waals surface area contributed by atoms with Crippen LogP contribution in [0.2, 0.25) is 5.02 Å². The van der Waals surface area contributed by atoms with Gasteiger partial charge in [-0.05, 0) is 55.8 Å². The van der Waals surface area contributed by atoms with Gasteiger partial charge >= 0.3 is 0 Å². The topological polar surface area (TPSA) is 54.0 Å². The standard InChI is InChI=1S/C20H18ClN3O/c1-13-3-6-16(7-4-13)24-20(25)15-9-10-22-19(11-15)23-17-8-5-14(2)18(21)12-17/h3-12H,1-2H3,(H,22,23)(H,24,25). The molecule has 0 aliphatic rings. The molecule has 0 fully saturated rings. The zero-order valence-corrected chi connectivity index (χ0v) is 14.8. The Morgan fingerprint density at radius 3 is 2.40 bits per heavy atom. The van der Waals surface area contributed by atoms with Crippen molar-refractivity contribution in [1.29, 1.82) is 0 Å². The van der Waals surface area contributed by atoms with Crippen LogP contribution in [0.4, 0.5) is 17.2 Å². The summed E-state index contributed by atoms with van der Waals surface area (Å²) in [6.07, 6.45) is 1.60. The number of anilines is 3. The molecule has 5 heteroatoms. The maximum Gasteiger partial charge on any atom is 0.255 e. The maximum absolute atomic E-state index is 12.4. The van der Waals surface area contributed by atoms with Gasteiger partial charge in [-0.1, -0.05) is 35.4 Å². The molecule has 126 valence electrons. The molecule has 1 heterocycles. The van der Waals surface area contributed by atoms with Gasteiger partial charge in [0.25, 0.3) is 5.91 Å². The molecule has 1 aromatic heterocycles. The van der Waals surface area contributed by atoms with Gasteiger partial charge in [0.2, 0.25) is 0 Å². The third kappa shape index (κ3) is 4.37. The molecular formula is C20H18ClN3O. The summed E-state index contributed by atoms with van der Waals surface area (Å²) < 4.78 is 0. The van der Waals surface area contributed by atoms with Gasteiger partial charge in [0.05, 0.1) is 0 Å². The third-order valence-electron chi connectivity index (χ3n) is 3.78. The second-order valence-electron chi connectivity index (χ2n) is 5.84. The second kappa shape index (κ2) is 7.36. The Kier molecular flexibility index (Phi) is 5.00. The van der Waals surface area contributed by atoms with Gasteiger partial charge in [0.15, 0.2) is 0 Å². The molecule has 0 aliphatic carbocycles. The van der Waals surface area contributed by atoms with Crippen molar-refractivity contribution in [2.45, 2.75) is 13.8 Å². The first kappa shape index (κ1) is 17.0. The van der Waals surface area contributed by atoms with Crippen molar-refractivity contribution in [2.75, 3.05) is 10.6 Å². The van der Waals surface area contributed by atoms with Crippen molar-refractivity contribution in [3.8, 4) is 0 Å². The quantitative estimate of drug-likeness (QED) is 0.666. The number of hydrogen-bond acceptors (Lipinski definition) is 3. The number of amides is 1. The summed E-state index contributed by atoms with van der Waals surface area (Å²) >= 11 is 6.14. The molecule has 0 aliphatic heterocycles. The summed E-state index contributed by atoms with van der Waals surface area (Å²) in [6, 6.07) is 16.7. The van der Waals surface area contributed by atoms with Crippen molar-refractivity contribution in [2.24, 2.45) is 0 Å². The van der Waals surface area contributed by atoms with E-state index < -0.39 is 0 Å². The van der Waals surface area contributed by atoms with Crippen molar-refractivity contribution < 1.29 is 4.79 Å². The van der Waals surface area contributed by atoms with Crippen LogP contribution < -0.4 is 10.6 Å². The highest BCUT2D eigenvalue weighted by Crippen LogP contribution is 2.23. The Labute approximate surface area is 151 Å². The first-order valence-corrected chi connectivity index (χ1v) is 8.26. The first-order chi connectivity index (χ1) is 12.0. The number of benzene rings is 2. The van der Waals surface area contributed by atoms with Crippen LogP contribution in [0.1, 0.15) is 21.5 Å². The van der Waals surface area contributed by atoms with Crippen molar-refractivity contribution in [1.82, 2.24) is 4.98 Å². The lowest BCUT2D eigenvalue weighted by Gasteiger charge is -2.09. The van der Waals surface area contributed by atoms with Gasteiger partial charge in [0.1, 0.15) is 5.82 Å². The molecule has 25 heavy (non-hydrogen) atoms. The minimum Gasteiger partial charge on any atom is -0.340 e. The number of carbonyl (C=O) groups is 1. The molecule has 0 atom stereocenters. The zero-order valence-electron chi connectivity index (χ0n) is 14.0. The lowest BCUT2D eigenvalue weighted by molar-refractivity contribution is 0.102. The summed E-state index contributed by atoms with van der Waals surface area (Å²) in [5.41, 5.74) is 4.25. The van der Waals surface area contributed by atoms with Gasteiger partial charge in [0, 0.05) is 28.2 Å². The summed E-state index contributed by atoms with van der Waals surface area (Å²) in [7, 11) is 0. The summed E-state index contributed by atoms with van der Waals surface area (Å²) in [5, 5.41) is 6.72. The number of nitrogens with zero attached hydrogens (tertiary/aromatic N) is 1. The number of nitrogens with one attached hydrogen (secondary N) is 2. The Balaban J connectivity index is 1.75. The van der Waals surface area contributed by atoms with E-state index in [4.69, 9.17) is 11.6 Å². The minimum absolute atomic E-state index is 0.184. The van der Waals surface area contributed by atoms with Crippen molar-refractivity contribution in [3.63, 3.8) is 0 Å². The predicted octanol–water partition coefficient (Wildman–Crippen LogP) is 5.35. The first-order valence-electron chi connectivity index (χ1n) is 7.88. The fraction of sp³-hybridized carbons (Fsp3) is 0.100. The van der Waals surface area contributed by atoms with Gasteiger partial charge in [-0.15, -0.1) is 0 Å². The van der Waals surface area contributed by atoms with E-state index in [1.165, 1.54) is 0 Å². The number of aromatic nitrogens is 1. The van der Waals surface area contributed by atoms with E-state index in [2.05, 4.69) is 15.6 Å². The number of carbonyl (C=O) groups excluding carboxylic acids is 1. The zero-order chi connectivity index (χ0) is 17.8. The van der Waals surface area contributed by atoms with E-state index in [0.717, 1.165) is 22.5 Å². The highest BCUT2D eigenvalue weighted by atomic mass is 35.5. The third-order valence-corrected chi connectivity index (χ3v) is 4.18. The Morgan fingerprint density at radius 2 is 1.68 bits per heavy atom. The highest BCUT2D eigenvalue weighted by molar-refractivity contribution is 6.31. The van der Waals surface area contributed by atoms with Crippen LogP contribution in [0, 0.1) is 13.8 Å².